The molecule has 2 fully saturated rings. The largest absolute Gasteiger partial charge is 0.475 e. The molecule has 2 N–H and O–H groups in total. The molecule has 8 nitrogen and oxygen atoms in total. The minimum absolute atomic E-state index is 0.0154. The third-order valence-electron chi connectivity index (χ3n) is 8.34. The third kappa shape index (κ3) is 5.05. The van der Waals surface area contributed by atoms with Crippen molar-refractivity contribution in [1.82, 2.24) is 24.5 Å². The Morgan fingerprint density at radius 3 is 2.49 bits per heavy atom. The Morgan fingerprint density at radius 1 is 1.14 bits per heavy atom. The van der Waals surface area contributed by atoms with E-state index in [1.165, 1.54) is 6.42 Å². The van der Waals surface area contributed by atoms with Gasteiger partial charge in [0.1, 0.15) is 11.2 Å². The number of hydrogen-bond donors (Lipinski definition) is 2. The summed E-state index contributed by atoms with van der Waals surface area (Å²) in [5.74, 6) is 0.505. The molecule has 0 saturated heterocycles. The molecule has 0 bridgehead atoms. The van der Waals surface area contributed by atoms with E-state index in [0.29, 0.717) is 47.0 Å². The SMILES string of the molecule is CC1CCC(Cn2c(-c3nccc(C(C)C)c3F)nc3nc(C(=O)O)nc(N[C@H](C)C4CCC4)c32)CC1. The van der Waals surface area contributed by atoms with E-state index in [0.717, 1.165) is 38.5 Å². The number of fused-ring (bicyclic) bond motifs is 1. The summed E-state index contributed by atoms with van der Waals surface area (Å²) in [4.78, 5) is 29.7. The van der Waals surface area contributed by atoms with Crippen molar-refractivity contribution in [3.63, 3.8) is 0 Å². The highest BCUT2D eigenvalue weighted by molar-refractivity contribution is 5.92. The molecule has 3 aromatic rings. The second-order valence-electron chi connectivity index (χ2n) is 11.4. The first kappa shape index (κ1) is 25.5. The zero-order chi connectivity index (χ0) is 26.3. The molecule has 9 heteroatoms. The maximum absolute atomic E-state index is 15.8. The minimum Gasteiger partial charge on any atom is -0.475 e. The summed E-state index contributed by atoms with van der Waals surface area (Å²) in [5.41, 5.74) is 1.62. The second kappa shape index (κ2) is 10.3. The van der Waals surface area contributed by atoms with Crippen molar-refractivity contribution in [1.29, 1.82) is 0 Å². The predicted molar refractivity (Wildman–Crippen MR) is 141 cm³/mol. The van der Waals surface area contributed by atoms with Crippen LogP contribution in [-0.2, 0) is 6.54 Å². The van der Waals surface area contributed by atoms with Gasteiger partial charge in [-0.1, -0.05) is 40.0 Å². The molecule has 0 aromatic carbocycles. The molecule has 0 spiro atoms. The van der Waals surface area contributed by atoms with Crippen molar-refractivity contribution in [3.8, 4) is 11.5 Å². The van der Waals surface area contributed by atoms with Crippen LogP contribution in [0.15, 0.2) is 12.3 Å². The molecule has 0 aliphatic heterocycles. The van der Waals surface area contributed by atoms with Gasteiger partial charge < -0.3 is 15.0 Å². The number of aromatic carboxylic acids is 1. The van der Waals surface area contributed by atoms with Crippen molar-refractivity contribution in [2.45, 2.75) is 91.1 Å². The lowest BCUT2D eigenvalue weighted by Crippen LogP contribution is -2.31. The average molecular weight is 509 g/mol. The van der Waals surface area contributed by atoms with Gasteiger partial charge in [-0.2, -0.15) is 0 Å². The summed E-state index contributed by atoms with van der Waals surface area (Å²) in [6, 6.07) is 1.82. The maximum atomic E-state index is 15.8. The molecule has 0 amide bonds. The Balaban J connectivity index is 1.69. The number of pyridine rings is 1. The number of nitrogens with zero attached hydrogens (tertiary/aromatic N) is 5. The quantitative estimate of drug-likeness (QED) is 0.369. The lowest BCUT2D eigenvalue weighted by molar-refractivity contribution is 0.0684. The minimum atomic E-state index is -1.22. The summed E-state index contributed by atoms with van der Waals surface area (Å²) < 4.78 is 17.8. The highest BCUT2D eigenvalue weighted by atomic mass is 19.1. The first-order valence-corrected chi connectivity index (χ1v) is 13.7. The molecule has 0 radical (unpaired) electrons. The lowest BCUT2D eigenvalue weighted by atomic mass is 9.80. The summed E-state index contributed by atoms with van der Waals surface area (Å²) >= 11 is 0. The summed E-state index contributed by atoms with van der Waals surface area (Å²) in [6.07, 6.45) is 9.57. The monoisotopic (exact) mass is 508 g/mol. The van der Waals surface area contributed by atoms with Crippen LogP contribution in [0.3, 0.4) is 0 Å². The second-order valence-corrected chi connectivity index (χ2v) is 11.4. The lowest BCUT2D eigenvalue weighted by Gasteiger charge is -2.32. The van der Waals surface area contributed by atoms with E-state index < -0.39 is 11.8 Å². The van der Waals surface area contributed by atoms with Crippen molar-refractivity contribution in [2.24, 2.45) is 17.8 Å². The smallest absolute Gasteiger partial charge is 0.374 e. The predicted octanol–water partition coefficient (Wildman–Crippen LogP) is 6.28. The van der Waals surface area contributed by atoms with E-state index in [2.05, 4.69) is 34.1 Å². The van der Waals surface area contributed by atoms with Crippen LogP contribution in [0.25, 0.3) is 22.7 Å². The van der Waals surface area contributed by atoms with Crippen LogP contribution in [0, 0.1) is 23.6 Å². The number of imidazole rings is 1. The number of rotatable bonds is 8. The number of carbonyl (C=O) groups is 1. The number of hydrogen-bond acceptors (Lipinski definition) is 6. The van der Waals surface area contributed by atoms with Crippen molar-refractivity contribution < 1.29 is 14.3 Å². The number of carboxylic acid groups (broad SMARTS) is 1. The van der Waals surface area contributed by atoms with E-state index in [9.17, 15) is 9.90 Å². The summed E-state index contributed by atoms with van der Waals surface area (Å²) in [6.45, 7) is 8.92. The molecule has 2 aliphatic carbocycles. The normalized spacial score (nSPS) is 21.2. The number of carboxylic acids is 1. The van der Waals surface area contributed by atoms with Gasteiger partial charge in [-0.3, -0.25) is 0 Å². The molecule has 5 rings (SSSR count). The Bertz CT molecular complexity index is 1290. The van der Waals surface area contributed by atoms with E-state index in [1.54, 1.807) is 12.3 Å². The van der Waals surface area contributed by atoms with Gasteiger partial charge in [0, 0.05) is 18.8 Å². The van der Waals surface area contributed by atoms with Gasteiger partial charge in [-0.25, -0.2) is 29.1 Å². The van der Waals surface area contributed by atoms with Crippen LogP contribution < -0.4 is 5.32 Å². The topological polar surface area (TPSA) is 106 Å². The third-order valence-corrected chi connectivity index (χ3v) is 8.34. The summed E-state index contributed by atoms with van der Waals surface area (Å²) in [5, 5.41) is 13.2. The molecule has 2 saturated carbocycles. The van der Waals surface area contributed by atoms with E-state index in [-0.39, 0.29) is 29.1 Å². The highest BCUT2D eigenvalue weighted by Gasteiger charge is 2.30. The molecule has 0 unspecified atom stereocenters. The van der Waals surface area contributed by atoms with E-state index in [4.69, 9.17) is 4.98 Å². The van der Waals surface area contributed by atoms with Gasteiger partial charge in [-0.05, 0) is 67.9 Å². The van der Waals surface area contributed by atoms with Gasteiger partial charge >= 0.3 is 5.97 Å². The fourth-order valence-corrected chi connectivity index (χ4v) is 5.69. The van der Waals surface area contributed by atoms with Crippen LogP contribution in [0.2, 0.25) is 0 Å². The Labute approximate surface area is 217 Å². The summed E-state index contributed by atoms with van der Waals surface area (Å²) in [7, 11) is 0. The van der Waals surface area contributed by atoms with Crippen LogP contribution in [0.5, 0.6) is 0 Å². The van der Waals surface area contributed by atoms with Gasteiger partial charge in [0.25, 0.3) is 0 Å². The van der Waals surface area contributed by atoms with Gasteiger partial charge in [0.2, 0.25) is 5.82 Å². The van der Waals surface area contributed by atoms with Gasteiger partial charge in [-0.15, -0.1) is 0 Å². The highest BCUT2D eigenvalue weighted by Crippen LogP contribution is 2.37. The fraction of sp³-hybridized carbons (Fsp3) is 0.607. The van der Waals surface area contributed by atoms with Crippen molar-refractivity contribution >= 4 is 23.0 Å². The molecule has 1 atom stereocenters. The number of anilines is 1. The number of aromatic nitrogens is 5. The number of halogens is 1. The van der Waals surface area contributed by atoms with Crippen LogP contribution >= 0.6 is 0 Å². The van der Waals surface area contributed by atoms with Crippen molar-refractivity contribution in [3.05, 3.63) is 29.5 Å². The first-order valence-electron chi connectivity index (χ1n) is 13.7. The van der Waals surface area contributed by atoms with Crippen LogP contribution in [0.1, 0.15) is 94.7 Å². The van der Waals surface area contributed by atoms with Gasteiger partial charge in [0.05, 0.1) is 0 Å². The molecular formula is C28H37FN6O2. The molecule has 2 aliphatic rings. The average Bonchev–Trinajstić information content (AvgIpc) is 3.17. The molecular weight excluding hydrogens is 471 g/mol. The van der Waals surface area contributed by atoms with E-state index in [1.807, 2.05) is 18.4 Å². The first-order chi connectivity index (χ1) is 17.7. The zero-order valence-corrected chi connectivity index (χ0v) is 22.2. The Kier molecular flexibility index (Phi) is 7.14. The van der Waals surface area contributed by atoms with Crippen LogP contribution in [-0.4, -0.2) is 41.6 Å². The molecule has 198 valence electrons. The Morgan fingerprint density at radius 2 is 1.86 bits per heavy atom. The fourth-order valence-electron chi connectivity index (χ4n) is 5.69. The van der Waals surface area contributed by atoms with Crippen molar-refractivity contribution in [2.75, 3.05) is 5.32 Å². The molecule has 3 aromatic heterocycles. The zero-order valence-electron chi connectivity index (χ0n) is 22.2. The maximum Gasteiger partial charge on any atom is 0.374 e. The van der Waals surface area contributed by atoms with E-state index >= 15 is 4.39 Å². The van der Waals surface area contributed by atoms with Crippen LogP contribution in [0.4, 0.5) is 10.2 Å². The molecule has 37 heavy (non-hydrogen) atoms. The number of nitrogens with one attached hydrogen (secondary N) is 1. The molecule has 3 heterocycles. The van der Waals surface area contributed by atoms with Gasteiger partial charge in [0.15, 0.2) is 23.1 Å². The standard InChI is InChI=1S/C28H37FN6O2/c1-15(2)20-12-13-30-22(21(20)29)27-34-25-23(35(27)14-18-10-8-16(3)9-11-18)24(32-26(33-25)28(36)37)31-17(4)19-6-5-7-19/h12-13,15-19H,5-11,14H2,1-4H3,(H,36,37)(H,31,32,33)/t16?,17-,18?/m1/s1. The Hall–Kier alpha value is -3.10.